The first-order valence-electron chi connectivity index (χ1n) is 8.05. The number of carbonyl (C=O) groups is 5. The first-order chi connectivity index (χ1) is 13.3. The van der Waals surface area contributed by atoms with E-state index in [1.165, 1.54) is 6.07 Å². The molecule has 0 saturated heterocycles. The maximum Gasteiger partial charge on any atom is 0.356 e. The fourth-order valence-corrected chi connectivity index (χ4v) is 2.82. The number of methoxy groups -OCH3 is 2. The van der Waals surface area contributed by atoms with Gasteiger partial charge >= 0.3 is 17.9 Å². The van der Waals surface area contributed by atoms with Crippen molar-refractivity contribution in [3.63, 3.8) is 0 Å². The molecule has 0 aliphatic heterocycles. The molecule has 0 unspecified atom stereocenters. The molecule has 0 saturated carbocycles. The molecule has 0 aromatic carbocycles. The van der Waals surface area contributed by atoms with Gasteiger partial charge in [0.05, 0.1) is 37.6 Å². The molecule has 2 aromatic rings. The average molecular weight is 386 g/mol. The molecule has 3 rings (SSSR count). The van der Waals surface area contributed by atoms with E-state index in [0.717, 1.165) is 20.3 Å². The van der Waals surface area contributed by atoms with Crippen molar-refractivity contribution in [2.45, 2.75) is 6.92 Å². The normalized spacial score (nSPS) is 12.1. The number of Topliss-reactive ketones (excluding diaryl/α,β-unsaturated/α-hetero) is 2. The van der Waals surface area contributed by atoms with E-state index in [9.17, 15) is 24.0 Å². The summed E-state index contributed by atoms with van der Waals surface area (Å²) in [4.78, 5) is 67.8. The highest BCUT2D eigenvalue weighted by molar-refractivity contribution is 6.52. The Hall–Kier alpha value is -3.82. The smallest absolute Gasteiger partial charge is 0.356 e. The van der Waals surface area contributed by atoms with Crippen molar-refractivity contribution < 1.29 is 38.2 Å². The Bertz CT molecular complexity index is 1050. The van der Waals surface area contributed by atoms with Crippen molar-refractivity contribution in [1.29, 1.82) is 0 Å². The van der Waals surface area contributed by atoms with Crippen molar-refractivity contribution in [3.8, 4) is 11.3 Å². The van der Waals surface area contributed by atoms with Crippen LogP contribution in [0.25, 0.3) is 11.3 Å². The van der Waals surface area contributed by atoms with Crippen LogP contribution in [-0.4, -0.2) is 60.3 Å². The minimum Gasteiger partial charge on any atom is -0.465 e. The summed E-state index contributed by atoms with van der Waals surface area (Å²) >= 11 is 0. The van der Waals surface area contributed by atoms with Crippen LogP contribution >= 0.6 is 0 Å². The fourth-order valence-electron chi connectivity index (χ4n) is 2.82. The lowest BCUT2D eigenvalue weighted by Gasteiger charge is -2.17. The second-order valence-electron chi connectivity index (χ2n) is 5.61. The molecule has 0 amide bonds. The maximum absolute atomic E-state index is 12.6. The Morgan fingerprint density at radius 3 is 2.29 bits per heavy atom. The van der Waals surface area contributed by atoms with E-state index in [-0.39, 0.29) is 40.4 Å². The molecule has 1 aliphatic rings. The number of hydrogen-bond donors (Lipinski definition) is 1. The highest BCUT2D eigenvalue weighted by atomic mass is 16.5. The number of pyridine rings is 1. The van der Waals surface area contributed by atoms with Crippen molar-refractivity contribution >= 4 is 29.5 Å². The second kappa shape index (κ2) is 7.06. The Labute approximate surface area is 157 Å². The molecule has 28 heavy (non-hydrogen) atoms. The average Bonchev–Trinajstić information content (AvgIpc) is 3.15. The van der Waals surface area contributed by atoms with Gasteiger partial charge in [0.2, 0.25) is 5.78 Å². The van der Waals surface area contributed by atoms with Crippen LogP contribution in [0.5, 0.6) is 0 Å². The maximum atomic E-state index is 12.6. The molecule has 0 fully saturated rings. The van der Waals surface area contributed by atoms with Gasteiger partial charge in [-0.1, -0.05) is 0 Å². The van der Waals surface area contributed by atoms with Crippen LogP contribution in [0.15, 0.2) is 12.1 Å². The van der Waals surface area contributed by atoms with E-state index in [2.05, 4.69) is 14.7 Å². The Balaban J connectivity index is 2.32. The highest BCUT2D eigenvalue weighted by Crippen LogP contribution is 2.36. The first kappa shape index (κ1) is 19.0. The Morgan fingerprint density at radius 2 is 1.68 bits per heavy atom. The predicted molar refractivity (Wildman–Crippen MR) is 91.3 cm³/mol. The lowest BCUT2D eigenvalue weighted by molar-refractivity contribution is 0.0518. The molecular formula is C18H14N2O8. The number of ether oxygens (including phenoxy) is 3. The van der Waals surface area contributed by atoms with Crippen molar-refractivity contribution in [2.75, 3.05) is 20.8 Å². The number of fused-ring (bicyclic) bond motifs is 3. The third-order valence-corrected chi connectivity index (χ3v) is 4.05. The third kappa shape index (κ3) is 2.84. The van der Waals surface area contributed by atoms with Gasteiger partial charge in [-0.15, -0.1) is 0 Å². The number of ketones is 2. The standard InChI is InChI=1S/C18H14N2O8/c1-4-28-18(25)10-6-8-12(19-10)11-7(16(23)26-2)5-9(17(24)27-3)20-13(11)15(22)14(8)21/h5-6,19H,4H2,1-3H3. The summed E-state index contributed by atoms with van der Waals surface area (Å²) in [6, 6.07) is 2.26. The number of carbonyl (C=O) groups excluding carboxylic acids is 5. The third-order valence-electron chi connectivity index (χ3n) is 4.05. The quantitative estimate of drug-likeness (QED) is 0.466. The topological polar surface area (TPSA) is 142 Å². The molecule has 0 atom stereocenters. The van der Waals surface area contributed by atoms with E-state index >= 15 is 0 Å². The lowest BCUT2D eigenvalue weighted by atomic mass is 9.88. The first-order valence-corrected chi connectivity index (χ1v) is 8.05. The summed E-state index contributed by atoms with van der Waals surface area (Å²) in [5.74, 6) is -4.49. The summed E-state index contributed by atoms with van der Waals surface area (Å²) in [6.07, 6.45) is 0. The van der Waals surface area contributed by atoms with Crippen molar-refractivity contribution in [1.82, 2.24) is 9.97 Å². The summed E-state index contributed by atoms with van der Waals surface area (Å²) in [5.41, 5.74) is -1.15. The molecule has 0 spiro atoms. The molecule has 1 aliphatic carbocycles. The van der Waals surface area contributed by atoms with Crippen LogP contribution in [0.1, 0.15) is 59.1 Å². The summed E-state index contributed by atoms with van der Waals surface area (Å²) in [7, 11) is 2.21. The monoisotopic (exact) mass is 386 g/mol. The number of esters is 3. The van der Waals surface area contributed by atoms with Crippen LogP contribution in [0.2, 0.25) is 0 Å². The highest BCUT2D eigenvalue weighted by Gasteiger charge is 2.38. The number of nitrogens with one attached hydrogen (secondary N) is 1. The largest absolute Gasteiger partial charge is 0.465 e. The molecule has 10 heteroatoms. The minimum absolute atomic E-state index is 0.0342. The molecule has 10 nitrogen and oxygen atoms in total. The van der Waals surface area contributed by atoms with E-state index in [1.807, 2.05) is 0 Å². The van der Waals surface area contributed by atoms with E-state index in [4.69, 9.17) is 9.47 Å². The van der Waals surface area contributed by atoms with Gasteiger partial charge in [-0.2, -0.15) is 0 Å². The summed E-state index contributed by atoms with van der Waals surface area (Å²) < 4.78 is 14.2. The molecule has 0 radical (unpaired) electrons. The number of hydrogen-bond acceptors (Lipinski definition) is 9. The van der Waals surface area contributed by atoms with E-state index < -0.39 is 35.2 Å². The molecule has 2 aromatic heterocycles. The van der Waals surface area contributed by atoms with Crippen molar-refractivity contribution in [3.05, 3.63) is 40.3 Å². The van der Waals surface area contributed by atoms with Crippen LogP contribution in [0.3, 0.4) is 0 Å². The zero-order valence-electron chi connectivity index (χ0n) is 15.1. The molecule has 0 bridgehead atoms. The molecular weight excluding hydrogens is 372 g/mol. The fraction of sp³-hybridized carbons (Fsp3) is 0.222. The zero-order chi connectivity index (χ0) is 20.6. The van der Waals surface area contributed by atoms with Gasteiger partial charge < -0.3 is 19.2 Å². The predicted octanol–water partition coefficient (Wildman–Crippen LogP) is 1.21. The van der Waals surface area contributed by atoms with Gasteiger partial charge in [0, 0.05) is 5.56 Å². The molecule has 2 heterocycles. The van der Waals surface area contributed by atoms with Gasteiger partial charge in [0.25, 0.3) is 5.78 Å². The number of nitrogens with zero attached hydrogens (tertiary/aromatic N) is 1. The van der Waals surface area contributed by atoms with Crippen molar-refractivity contribution in [2.24, 2.45) is 0 Å². The SMILES string of the molecule is CCOC(=O)c1cc2c([nH]1)-c1c(C(=O)OC)cc(C(=O)OC)nc1C(=O)C2=O. The minimum atomic E-state index is -1.03. The molecule has 144 valence electrons. The summed E-state index contributed by atoms with van der Waals surface area (Å²) in [5, 5.41) is 0. The van der Waals surface area contributed by atoms with Crippen LogP contribution in [-0.2, 0) is 14.2 Å². The van der Waals surface area contributed by atoms with Gasteiger partial charge in [0.1, 0.15) is 17.1 Å². The second-order valence-corrected chi connectivity index (χ2v) is 5.61. The van der Waals surface area contributed by atoms with Crippen LogP contribution in [0.4, 0.5) is 0 Å². The molecule has 1 N–H and O–H groups in total. The lowest BCUT2D eigenvalue weighted by Crippen LogP contribution is -2.25. The summed E-state index contributed by atoms with van der Waals surface area (Å²) in [6.45, 7) is 1.71. The number of aromatic nitrogens is 2. The number of H-pyrrole nitrogens is 1. The van der Waals surface area contributed by atoms with E-state index in [0.29, 0.717) is 0 Å². The van der Waals surface area contributed by atoms with Gasteiger partial charge in [-0.3, -0.25) is 9.59 Å². The van der Waals surface area contributed by atoms with Gasteiger partial charge in [0.15, 0.2) is 0 Å². The number of rotatable bonds is 4. The van der Waals surface area contributed by atoms with Crippen LogP contribution in [0, 0.1) is 0 Å². The number of aromatic amines is 1. The van der Waals surface area contributed by atoms with E-state index in [1.54, 1.807) is 6.92 Å². The Kier molecular flexibility index (Phi) is 4.78. The van der Waals surface area contributed by atoms with Gasteiger partial charge in [-0.05, 0) is 19.1 Å². The van der Waals surface area contributed by atoms with Gasteiger partial charge in [-0.25, -0.2) is 19.4 Å². The Morgan fingerprint density at radius 1 is 1.00 bits per heavy atom. The zero-order valence-corrected chi connectivity index (χ0v) is 15.1. The van der Waals surface area contributed by atoms with Crippen LogP contribution < -0.4 is 0 Å².